The van der Waals surface area contributed by atoms with E-state index in [4.69, 9.17) is 0 Å². The highest BCUT2D eigenvalue weighted by Gasteiger charge is 2.42. The van der Waals surface area contributed by atoms with Crippen LogP contribution in [0.3, 0.4) is 0 Å². The summed E-state index contributed by atoms with van der Waals surface area (Å²) < 4.78 is 2.56. The van der Waals surface area contributed by atoms with Crippen molar-refractivity contribution >= 4 is 54.1 Å². The summed E-state index contributed by atoms with van der Waals surface area (Å²) in [5.41, 5.74) is 14.9. The van der Waals surface area contributed by atoms with Crippen LogP contribution in [0.4, 0.5) is 0 Å². The zero-order valence-electron chi connectivity index (χ0n) is 27.1. The number of hydrogen-bond donors (Lipinski definition) is 0. The molecule has 1 nitrogen and oxygen atoms in total. The van der Waals surface area contributed by atoms with Crippen molar-refractivity contribution in [3.8, 4) is 27.9 Å². The molecular weight excluding hydrogens is 567 g/mol. The molecule has 0 aliphatic heterocycles. The molecule has 0 N–H and O–H groups in total. The van der Waals surface area contributed by atoms with Gasteiger partial charge < -0.3 is 4.57 Å². The fourth-order valence-electron chi connectivity index (χ4n) is 9.71. The van der Waals surface area contributed by atoms with Gasteiger partial charge in [0.1, 0.15) is 0 Å². The van der Waals surface area contributed by atoms with Crippen LogP contribution in [0, 0.1) is 0 Å². The van der Waals surface area contributed by atoms with Crippen LogP contribution in [0.25, 0.3) is 82.1 Å². The van der Waals surface area contributed by atoms with E-state index in [1.54, 1.807) is 0 Å². The molecule has 9 aromatic rings. The maximum absolute atomic E-state index is 2.56. The van der Waals surface area contributed by atoms with Crippen molar-refractivity contribution in [3.63, 3.8) is 0 Å². The van der Waals surface area contributed by atoms with Crippen molar-refractivity contribution < 1.29 is 0 Å². The SMILES string of the molecule is CC1(C)c2ccccc2-c2cc3c(cc21)-c1c(cc(-n2c4cccc5c6ccccc6c6cccc2c6c54)c2ccccc12)C3(C)C. The molecule has 1 heterocycles. The smallest absolute Gasteiger partial charge is 0.0547 e. The molecule has 2 aliphatic carbocycles. The lowest BCUT2D eigenvalue weighted by atomic mass is 9.79. The minimum atomic E-state index is -0.153. The Labute approximate surface area is 274 Å². The van der Waals surface area contributed by atoms with E-state index in [0.717, 1.165) is 0 Å². The largest absolute Gasteiger partial charge is 0.309 e. The summed E-state index contributed by atoms with van der Waals surface area (Å²) in [7, 11) is 0. The molecular formula is C46H33N. The number of aromatic nitrogens is 1. The Bertz CT molecular complexity index is 2750. The second-order valence-electron chi connectivity index (χ2n) is 14.9. The summed E-state index contributed by atoms with van der Waals surface area (Å²) in [4.78, 5) is 0. The number of fused-ring (bicyclic) bond motifs is 11. The van der Waals surface area contributed by atoms with Crippen LogP contribution in [0.1, 0.15) is 49.9 Å². The maximum atomic E-state index is 2.56. The second-order valence-corrected chi connectivity index (χ2v) is 14.9. The minimum Gasteiger partial charge on any atom is -0.309 e. The normalized spacial score (nSPS) is 15.6. The van der Waals surface area contributed by atoms with Crippen LogP contribution in [0.2, 0.25) is 0 Å². The standard InChI is InChI=1S/C46H33N/c1-45(2)35-20-10-9-15-28(35)33-23-37-34(24-36(33)45)42-32-17-8-7-16-29(32)41(25-38(42)46(37,3)4)47-39-21-11-18-30-26-13-5-6-14-27(26)31-19-12-22-40(47)44(31)43(30)39/h5-25H,1-4H3. The quantitative estimate of drug-likeness (QED) is 0.165. The van der Waals surface area contributed by atoms with Gasteiger partial charge in [0.05, 0.1) is 16.7 Å². The summed E-state index contributed by atoms with van der Waals surface area (Å²) in [6, 6.07) is 48.4. The lowest BCUT2D eigenvalue weighted by Gasteiger charge is -2.24. The van der Waals surface area contributed by atoms with Gasteiger partial charge in [0.25, 0.3) is 0 Å². The molecule has 0 unspecified atom stereocenters. The first kappa shape index (κ1) is 25.8. The van der Waals surface area contributed by atoms with Crippen molar-refractivity contribution in [2.45, 2.75) is 38.5 Å². The maximum Gasteiger partial charge on any atom is 0.0547 e. The van der Waals surface area contributed by atoms with Gasteiger partial charge in [-0.25, -0.2) is 0 Å². The van der Waals surface area contributed by atoms with Gasteiger partial charge in [0.2, 0.25) is 0 Å². The first-order chi connectivity index (χ1) is 22.9. The van der Waals surface area contributed by atoms with Crippen LogP contribution >= 0.6 is 0 Å². The fourth-order valence-corrected chi connectivity index (χ4v) is 9.71. The highest BCUT2D eigenvalue weighted by atomic mass is 15.0. The Morgan fingerprint density at radius 1 is 0.383 bits per heavy atom. The van der Waals surface area contributed by atoms with Crippen molar-refractivity contribution in [1.82, 2.24) is 4.57 Å². The Morgan fingerprint density at radius 3 is 1.57 bits per heavy atom. The zero-order chi connectivity index (χ0) is 31.4. The number of hydrogen-bond acceptors (Lipinski definition) is 0. The highest BCUT2D eigenvalue weighted by molar-refractivity contribution is 6.34. The molecule has 222 valence electrons. The van der Waals surface area contributed by atoms with Crippen molar-refractivity contribution in [2.75, 3.05) is 0 Å². The van der Waals surface area contributed by atoms with E-state index in [-0.39, 0.29) is 10.8 Å². The summed E-state index contributed by atoms with van der Waals surface area (Å²) in [6.07, 6.45) is 0. The van der Waals surface area contributed by atoms with E-state index in [2.05, 4.69) is 160 Å². The van der Waals surface area contributed by atoms with Crippen molar-refractivity contribution in [1.29, 1.82) is 0 Å². The van der Waals surface area contributed by atoms with Crippen LogP contribution < -0.4 is 0 Å². The second kappa shape index (κ2) is 8.30. The predicted octanol–water partition coefficient (Wildman–Crippen LogP) is 12.3. The molecule has 47 heavy (non-hydrogen) atoms. The molecule has 0 spiro atoms. The van der Waals surface area contributed by atoms with E-state index >= 15 is 0 Å². The monoisotopic (exact) mass is 599 g/mol. The molecule has 1 aromatic heterocycles. The van der Waals surface area contributed by atoms with Gasteiger partial charge >= 0.3 is 0 Å². The van der Waals surface area contributed by atoms with Gasteiger partial charge in [-0.15, -0.1) is 0 Å². The van der Waals surface area contributed by atoms with Gasteiger partial charge in [-0.3, -0.25) is 0 Å². The van der Waals surface area contributed by atoms with Gasteiger partial charge in [-0.1, -0.05) is 125 Å². The first-order valence-electron chi connectivity index (χ1n) is 16.9. The Balaban J connectivity index is 1.26. The Kier molecular flexibility index (Phi) is 4.55. The fraction of sp³-hybridized carbons (Fsp3) is 0.130. The number of benzene rings is 8. The van der Waals surface area contributed by atoms with Crippen LogP contribution in [-0.2, 0) is 10.8 Å². The molecule has 11 rings (SSSR count). The van der Waals surface area contributed by atoms with E-state index in [0.29, 0.717) is 0 Å². The third-order valence-electron chi connectivity index (χ3n) is 11.9. The average Bonchev–Trinajstić information content (AvgIpc) is 3.64. The van der Waals surface area contributed by atoms with E-state index < -0.39 is 0 Å². The Hall–Kier alpha value is -5.40. The zero-order valence-corrected chi connectivity index (χ0v) is 27.1. The summed E-state index contributed by atoms with van der Waals surface area (Å²) >= 11 is 0. The number of nitrogens with zero attached hydrogens (tertiary/aromatic N) is 1. The summed E-state index contributed by atoms with van der Waals surface area (Å²) in [5.74, 6) is 0. The van der Waals surface area contributed by atoms with Crippen molar-refractivity contribution in [2.24, 2.45) is 0 Å². The number of rotatable bonds is 1. The predicted molar refractivity (Wildman–Crippen MR) is 200 cm³/mol. The van der Waals surface area contributed by atoms with E-state index in [9.17, 15) is 0 Å². The molecule has 0 fully saturated rings. The first-order valence-corrected chi connectivity index (χ1v) is 16.9. The molecule has 2 aliphatic rings. The summed E-state index contributed by atoms with van der Waals surface area (Å²) in [5, 5.41) is 10.7. The van der Waals surface area contributed by atoms with Crippen LogP contribution in [-0.4, -0.2) is 4.57 Å². The topological polar surface area (TPSA) is 4.93 Å². The molecule has 1 heteroatoms. The van der Waals surface area contributed by atoms with Gasteiger partial charge in [0.15, 0.2) is 0 Å². The van der Waals surface area contributed by atoms with Gasteiger partial charge in [-0.05, 0) is 102 Å². The molecule has 0 radical (unpaired) electrons. The molecule has 0 saturated carbocycles. The Morgan fingerprint density at radius 2 is 0.894 bits per heavy atom. The average molecular weight is 600 g/mol. The third kappa shape index (κ3) is 2.93. The molecule has 0 atom stereocenters. The lowest BCUT2D eigenvalue weighted by Crippen LogP contribution is -2.17. The molecule has 0 saturated heterocycles. The van der Waals surface area contributed by atoms with Gasteiger partial charge in [-0.2, -0.15) is 0 Å². The van der Waals surface area contributed by atoms with Crippen molar-refractivity contribution in [3.05, 3.63) is 150 Å². The lowest BCUT2D eigenvalue weighted by molar-refractivity contribution is 0.652. The van der Waals surface area contributed by atoms with Crippen LogP contribution in [0.15, 0.2) is 127 Å². The summed E-state index contributed by atoms with van der Waals surface area (Å²) in [6.45, 7) is 9.65. The van der Waals surface area contributed by atoms with E-state index in [1.807, 2.05) is 0 Å². The molecule has 0 bridgehead atoms. The van der Waals surface area contributed by atoms with E-state index in [1.165, 1.54) is 104 Å². The van der Waals surface area contributed by atoms with Crippen LogP contribution in [0.5, 0.6) is 0 Å². The van der Waals surface area contributed by atoms with Gasteiger partial charge in [0, 0.05) is 27.0 Å². The molecule has 8 aromatic carbocycles. The minimum absolute atomic E-state index is 0.0359. The highest BCUT2D eigenvalue weighted by Crippen LogP contribution is 2.58. The molecule has 0 amide bonds. The third-order valence-corrected chi connectivity index (χ3v) is 11.9.